The number of aliphatic carboxylic acids is 1. The highest BCUT2D eigenvalue weighted by molar-refractivity contribution is 6.26. The Morgan fingerprint density at radius 3 is 2.11 bits per heavy atom. The molecule has 0 saturated carbocycles. The zero-order chi connectivity index (χ0) is 25.2. The molecule has 0 atom stereocenters. The summed E-state index contributed by atoms with van der Waals surface area (Å²) in [6.45, 7) is 6.37. The van der Waals surface area contributed by atoms with Crippen LogP contribution in [0.2, 0.25) is 0 Å². The quantitative estimate of drug-likeness (QED) is 0.281. The van der Waals surface area contributed by atoms with Crippen molar-refractivity contribution in [1.29, 1.82) is 0 Å². The Hall–Kier alpha value is -4.26. The van der Waals surface area contributed by atoms with E-state index in [-0.39, 0.29) is 28.8 Å². The van der Waals surface area contributed by atoms with E-state index in [1.54, 1.807) is 49.6 Å². The van der Waals surface area contributed by atoms with Crippen LogP contribution < -0.4 is 4.74 Å². The Kier molecular flexibility index (Phi) is 6.51. The summed E-state index contributed by atoms with van der Waals surface area (Å²) in [6, 6.07) is 19.3. The van der Waals surface area contributed by atoms with E-state index in [4.69, 9.17) is 9.37 Å². The number of rotatable bonds is 7. The fraction of sp³-hybridized carbons (Fsp3) is 0.214. The molecule has 3 aromatic carbocycles. The van der Waals surface area contributed by atoms with Crippen molar-refractivity contribution >= 4 is 28.4 Å². The third kappa shape index (κ3) is 5.14. The van der Waals surface area contributed by atoms with E-state index in [2.05, 4.69) is 31.1 Å². The first-order valence-electron chi connectivity index (χ1n) is 11.1. The topological polar surface area (TPSA) is 103 Å². The molecule has 1 aromatic heterocycles. The molecule has 7 nitrogen and oxygen atoms in total. The standard InChI is InChI=1S/C28H26N2O5/c1-28(2,3)20-10-5-17(6-11-20)15-22(26(31)18-7-12-21(34-4)13-8-18)25(27(32)33)19-9-14-23-24(16-19)30-35-29-23/h5-14,16H,15H2,1-4H3,(H,32,33)/b25-22+. The van der Waals surface area contributed by atoms with Gasteiger partial charge >= 0.3 is 5.97 Å². The SMILES string of the molecule is COc1ccc(C(=O)/C(Cc2ccc(C(C)(C)C)cc2)=C(/C(=O)O)c2ccc3nonc3c2)cc1. The summed E-state index contributed by atoms with van der Waals surface area (Å²) < 4.78 is 9.94. The number of nitrogens with zero attached hydrogens (tertiary/aromatic N) is 2. The zero-order valence-electron chi connectivity index (χ0n) is 20.0. The predicted molar refractivity (Wildman–Crippen MR) is 133 cm³/mol. The van der Waals surface area contributed by atoms with E-state index in [0.29, 0.717) is 27.9 Å². The second-order valence-electron chi connectivity index (χ2n) is 9.31. The van der Waals surface area contributed by atoms with Gasteiger partial charge in [0.1, 0.15) is 16.8 Å². The highest BCUT2D eigenvalue weighted by Gasteiger charge is 2.25. The van der Waals surface area contributed by atoms with Gasteiger partial charge in [0.25, 0.3) is 0 Å². The van der Waals surface area contributed by atoms with Gasteiger partial charge in [-0.1, -0.05) is 51.1 Å². The number of carboxylic acid groups (broad SMARTS) is 1. The Morgan fingerprint density at radius 2 is 1.51 bits per heavy atom. The molecule has 7 heteroatoms. The normalized spacial score (nSPS) is 12.3. The summed E-state index contributed by atoms with van der Waals surface area (Å²) in [6.07, 6.45) is 0.145. The number of allylic oxidation sites excluding steroid dienone is 1. The van der Waals surface area contributed by atoms with Gasteiger partial charge in [0.2, 0.25) is 0 Å². The second-order valence-corrected chi connectivity index (χ2v) is 9.31. The number of ketones is 1. The molecule has 0 bridgehead atoms. The van der Waals surface area contributed by atoms with Crippen molar-refractivity contribution in [1.82, 2.24) is 10.3 Å². The first-order valence-corrected chi connectivity index (χ1v) is 11.1. The number of carboxylic acids is 1. The predicted octanol–water partition coefficient (Wildman–Crippen LogP) is 5.49. The summed E-state index contributed by atoms with van der Waals surface area (Å²) in [5.74, 6) is -0.973. The first-order chi connectivity index (χ1) is 16.7. The summed E-state index contributed by atoms with van der Waals surface area (Å²) in [4.78, 5) is 26.2. The van der Waals surface area contributed by atoms with Crippen molar-refractivity contribution < 1.29 is 24.1 Å². The fourth-order valence-electron chi connectivity index (χ4n) is 3.89. The van der Waals surface area contributed by atoms with Crippen molar-refractivity contribution in [3.05, 3.63) is 94.6 Å². The monoisotopic (exact) mass is 470 g/mol. The molecule has 1 N–H and O–H groups in total. The lowest BCUT2D eigenvalue weighted by Crippen LogP contribution is -2.14. The number of Topliss-reactive ketones (excluding diaryl/α,β-unsaturated/α-hetero) is 1. The number of ether oxygens (including phenoxy) is 1. The summed E-state index contributed by atoms with van der Waals surface area (Å²) in [7, 11) is 1.54. The van der Waals surface area contributed by atoms with Crippen molar-refractivity contribution in [2.24, 2.45) is 0 Å². The Labute approximate surface area is 203 Å². The number of methoxy groups -OCH3 is 1. The average molecular weight is 471 g/mol. The molecule has 4 aromatic rings. The highest BCUT2D eigenvalue weighted by atomic mass is 16.6. The van der Waals surface area contributed by atoms with E-state index < -0.39 is 5.97 Å². The summed E-state index contributed by atoms with van der Waals surface area (Å²) >= 11 is 0. The largest absolute Gasteiger partial charge is 0.497 e. The van der Waals surface area contributed by atoms with Crippen molar-refractivity contribution in [2.75, 3.05) is 7.11 Å². The van der Waals surface area contributed by atoms with Crippen LogP contribution >= 0.6 is 0 Å². The molecule has 0 saturated heterocycles. The molecule has 35 heavy (non-hydrogen) atoms. The molecule has 178 valence electrons. The lowest BCUT2D eigenvalue weighted by molar-refractivity contribution is -0.130. The van der Waals surface area contributed by atoms with Crippen molar-refractivity contribution in [3.63, 3.8) is 0 Å². The van der Waals surface area contributed by atoms with Crippen LogP contribution in [0.5, 0.6) is 5.75 Å². The minimum absolute atomic E-state index is 0.0244. The Bertz CT molecular complexity index is 1410. The van der Waals surface area contributed by atoms with Crippen LogP contribution in [-0.4, -0.2) is 34.3 Å². The van der Waals surface area contributed by atoms with Gasteiger partial charge < -0.3 is 9.84 Å². The minimum Gasteiger partial charge on any atom is -0.497 e. The number of benzene rings is 3. The number of hydrogen-bond donors (Lipinski definition) is 1. The van der Waals surface area contributed by atoms with Crippen LogP contribution in [0.1, 0.15) is 47.8 Å². The minimum atomic E-state index is -1.20. The van der Waals surface area contributed by atoms with Gasteiger partial charge in [-0.15, -0.1) is 0 Å². The van der Waals surface area contributed by atoms with Crippen LogP contribution in [0.15, 0.2) is 76.9 Å². The van der Waals surface area contributed by atoms with Crippen molar-refractivity contribution in [3.8, 4) is 5.75 Å². The number of hydrogen-bond acceptors (Lipinski definition) is 6. The molecule has 4 rings (SSSR count). The molecule has 0 radical (unpaired) electrons. The third-order valence-corrected chi connectivity index (χ3v) is 5.89. The van der Waals surface area contributed by atoms with Gasteiger partial charge in [0, 0.05) is 17.6 Å². The van der Waals surface area contributed by atoms with Gasteiger partial charge in [-0.2, -0.15) is 0 Å². The number of carbonyl (C=O) groups is 2. The summed E-state index contributed by atoms with van der Waals surface area (Å²) in [5, 5.41) is 17.8. The van der Waals surface area contributed by atoms with Crippen LogP contribution in [-0.2, 0) is 16.6 Å². The maximum absolute atomic E-state index is 13.7. The van der Waals surface area contributed by atoms with Crippen LogP contribution in [0, 0.1) is 0 Å². The molecule has 1 heterocycles. The zero-order valence-corrected chi connectivity index (χ0v) is 20.0. The molecule has 0 aliphatic heterocycles. The molecule has 0 fully saturated rings. The molecule has 0 aliphatic carbocycles. The van der Waals surface area contributed by atoms with E-state index in [1.165, 1.54) is 0 Å². The van der Waals surface area contributed by atoms with Gasteiger partial charge in [0.05, 0.1) is 12.7 Å². The third-order valence-electron chi connectivity index (χ3n) is 5.89. The molecule has 0 spiro atoms. The van der Waals surface area contributed by atoms with Crippen molar-refractivity contribution in [2.45, 2.75) is 32.6 Å². The molecule has 0 amide bonds. The Morgan fingerprint density at radius 1 is 0.886 bits per heavy atom. The number of aromatic nitrogens is 2. The van der Waals surface area contributed by atoms with Crippen LogP contribution in [0.3, 0.4) is 0 Å². The Balaban J connectivity index is 1.86. The number of carbonyl (C=O) groups excluding carboxylic acids is 1. The average Bonchev–Trinajstić information content (AvgIpc) is 3.31. The lowest BCUT2D eigenvalue weighted by Gasteiger charge is -2.19. The highest BCUT2D eigenvalue weighted by Crippen LogP contribution is 2.29. The molecule has 0 aliphatic rings. The van der Waals surface area contributed by atoms with Gasteiger partial charge in [-0.25, -0.2) is 9.42 Å². The maximum Gasteiger partial charge on any atom is 0.336 e. The van der Waals surface area contributed by atoms with E-state index >= 15 is 0 Å². The van der Waals surface area contributed by atoms with E-state index in [9.17, 15) is 14.7 Å². The first kappa shape index (κ1) is 23.9. The fourth-order valence-corrected chi connectivity index (χ4v) is 3.89. The van der Waals surface area contributed by atoms with E-state index in [0.717, 1.165) is 11.1 Å². The molecular weight excluding hydrogens is 444 g/mol. The summed E-state index contributed by atoms with van der Waals surface area (Å²) in [5.41, 5.74) is 3.67. The van der Waals surface area contributed by atoms with Gasteiger partial charge in [-0.05, 0) is 68.8 Å². The molecule has 0 unspecified atom stereocenters. The van der Waals surface area contributed by atoms with Gasteiger partial charge in [-0.3, -0.25) is 4.79 Å². The van der Waals surface area contributed by atoms with Gasteiger partial charge in [0.15, 0.2) is 5.78 Å². The van der Waals surface area contributed by atoms with E-state index in [1.807, 2.05) is 24.3 Å². The number of fused-ring (bicyclic) bond motifs is 1. The van der Waals surface area contributed by atoms with Crippen LogP contribution in [0.4, 0.5) is 0 Å². The smallest absolute Gasteiger partial charge is 0.336 e. The van der Waals surface area contributed by atoms with Crippen LogP contribution in [0.25, 0.3) is 16.6 Å². The second kappa shape index (κ2) is 9.54. The molecular formula is C28H26N2O5. The lowest BCUT2D eigenvalue weighted by atomic mass is 9.85. The maximum atomic E-state index is 13.7.